The Morgan fingerprint density at radius 2 is 2.38 bits per heavy atom. The van der Waals surface area contributed by atoms with Crippen molar-refractivity contribution in [3.63, 3.8) is 0 Å². The molecule has 0 fully saturated rings. The largest absolute Gasteiger partial charge is 0.376 e. The van der Waals surface area contributed by atoms with E-state index in [-0.39, 0.29) is 5.56 Å². The molecule has 1 aromatic rings. The van der Waals surface area contributed by atoms with Crippen LogP contribution in [0.15, 0.2) is 35.9 Å². The van der Waals surface area contributed by atoms with E-state index in [4.69, 9.17) is 0 Å². The van der Waals surface area contributed by atoms with Crippen LogP contribution in [0, 0.1) is 0 Å². The number of aromatic nitrogens is 1. The van der Waals surface area contributed by atoms with Crippen LogP contribution >= 0.6 is 0 Å². The van der Waals surface area contributed by atoms with Crippen LogP contribution in [0.1, 0.15) is 5.56 Å². The first-order chi connectivity index (χ1) is 6.15. The molecule has 0 aliphatic heterocycles. The zero-order chi connectivity index (χ0) is 9.84. The Labute approximate surface area is 77.9 Å². The van der Waals surface area contributed by atoms with Crippen molar-refractivity contribution in [2.45, 2.75) is 6.54 Å². The minimum atomic E-state index is 0.0520. The normalized spacial score (nSPS) is 9.69. The summed E-state index contributed by atoms with van der Waals surface area (Å²) in [7, 11) is 3.64. The van der Waals surface area contributed by atoms with Crippen molar-refractivity contribution in [1.82, 2.24) is 9.47 Å². The van der Waals surface area contributed by atoms with Gasteiger partial charge in [0, 0.05) is 32.4 Å². The molecule has 3 heteroatoms. The molecule has 0 spiro atoms. The maximum atomic E-state index is 11.5. The Kier molecular flexibility index (Phi) is 2.90. The predicted molar refractivity (Wildman–Crippen MR) is 53.3 cm³/mol. The first-order valence-electron chi connectivity index (χ1n) is 4.12. The van der Waals surface area contributed by atoms with Gasteiger partial charge in [-0.25, -0.2) is 0 Å². The molecule has 0 aliphatic rings. The second-order valence-electron chi connectivity index (χ2n) is 3.05. The molecule has 70 valence electrons. The lowest BCUT2D eigenvalue weighted by Gasteiger charge is -2.12. The smallest absolute Gasteiger partial charge is 0.255 e. The van der Waals surface area contributed by atoms with Crippen LogP contribution in [0.25, 0.3) is 0 Å². The minimum Gasteiger partial charge on any atom is -0.376 e. The van der Waals surface area contributed by atoms with Gasteiger partial charge in [0.05, 0.1) is 0 Å². The van der Waals surface area contributed by atoms with Gasteiger partial charge in [0.2, 0.25) is 0 Å². The maximum absolute atomic E-state index is 11.5. The molecule has 0 saturated heterocycles. The van der Waals surface area contributed by atoms with E-state index in [1.807, 2.05) is 24.1 Å². The molecule has 13 heavy (non-hydrogen) atoms. The molecule has 1 rings (SSSR count). The lowest BCUT2D eigenvalue weighted by atomic mass is 10.2. The van der Waals surface area contributed by atoms with Crippen molar-refractivity contribution in [3.05, 3.63) is 47.0 Å². The summed E-state index contributed by atoms with van der Waals surface area (Å²) in [5, 5.41) is 0. The van der Waals surface area contributed by atoms with Gasteiger partial charge in [-0.1, -0.05) is 12.6 Å². The SMILES string of the molecule is C=CN(C)Cc1cccn(C)c1=O. The highest BCUT2D eigenvalue weighted by atomic mass is 16.1. The molecule has 1 aromatic heterocycles. The van der Waals surface area contributed by atoms with Gasteiger partial charge in [-0.05, 0) is 12.3 Å². The molecular formula is C10H14N2O. The lowest BCUT2D eigenvalue weighted by Crippen LogP contribution is -2.23. The average molecular weight is 178 g/mol. The highest BCUT2D eigenvalue weighted by Gasteiger charge is 2.01. The van der Waals surface area contributed by atoms with Crippen molar-refractivity contribution in [2.24, 2.45) is 7.05 Å². The molecule has 0 radical (unpaired) electrons. The van der Waals surface area contributed by atoms with Crippen LogP contribution in [0.4, 0.5) is 0 Å². The van der Waals surface area contributed by atoms with Crippen LogP contribution in [0.3, 0.4) is 0 Å². The number of hydrogen-bond acceptors (Lipinski definition) is 2. The third kappa shape index (κ3) is 2.21. The highest BCUT2D eigenvalue weighted by molar-refractivity contribution is 5.10. The van der Waals surface area contributed by atoms with E-state index in [0.29, 0.717) is 6.54 Å². The lowest BCUT2D eigenvalue weighted by molar-refractivity contribution is 0.448. The van der Waals surface area contributed by atoms with Gasteiger partial charge >= 0.3 is 0 Å². The Morgan fingerprint density at radius 3 is 3.00 bits per heavy atom. The highest BCUT2D eigenvalue weighted by Crippen LogP contribution is 1.96. The molecule has 0 bridgehead atoms. The van der Waals surface area contributed by atoms with Crippen molar-refractivity contribution >= 4 is 0 Å². The average Bonchev–Trinajstić information content (AvgIpc) is 2.13. The summed E-state index contributed by atoms with van der Waals surface area (Å²) in [6.45, 7) is 4.23. The summed E-state index contributed by atoms with van der Waals surface area (Å²) in [6, 6.07) is 3.70. The second kappa shape index (κ2) is 3.94. The first-order valence-corrected chi connectivity index (χ1v) is 4.12. The van der Waals surface area contributed by atoms with E-state index in [0.717, 1.165) is 5.56 Å². The van der Waals surface area contributed by atoms with Crippen LogP contribution < -0.4 is 5.56 Å². The first kappa shape index (κ1) is 9.58. The van der Waals surface area contributed by atoms with Gasteiger partial charge in [0.1, 0.15) is 0 Å². The summed E-state index contributed by atoms with van der Waals surface area (Å²) in [4.78, 5) is 13.4. The standard InChI is InChI=1S/C10H14N2O/c1-4-11(2)8-9-6-5-7-12(3)10(9)13/h4-7H,1,8H2,2-3H3. The Balaban J connectivity index is 2.96. The molecule has 0 unspecified atom stereocenters. The Morgan fingerprint density at radius 1 is 1.69 bits per heavy atom. The van der Waals surface area contributed by atoms with E-state index in [2.05, 4.69) is 6.58 Å². The molecule has 0 aromatic carbocycles. The summed E-state index contributed by atoms with van der Waals surface area (Å²) in [5.74, 6) is 0. The van der Waals surface area contributed by atoms with Crippen molar-refractivity contribution < 1.29 is 0 Å². The fraction of sp³-hybridized carbons (Fsp3) is 0.300. The number of nitrogens with zero attached hydrogens (tertiary/aromatic N) is 2. The van der Waals surface area contributed by atoms with Crippen LogP contribution in [-0.2, 0) is 13.6 Å². The van der Waals surface area contributed by atoms with E-state index < -0.39 is 0 Å². The summed E-state index contributed by atoms with van der Waals surface area (Å²) in [5.41, 5.74) is 0.837. The van der Waals surface area contributed by atoms with Gasteiger partial charge in [0.15, 0.2) is 0 Å². The van der Waals surface area contributed by atoms with Gasteiger partial charge < -0.3 is 9.47 Å². The summed E-state index contributed by atoms with van der Waals surface area (Å²) >= 11 is 0. The van der Waals surface area contributed by atoms with Gasteiger partial charge in [-0.2, -0.15) is 0 Å². The Hall–Kier alpha value is -1.51. The number of aryl methyl sites for hydroxylation is 1. The van der Waals surface area contributed by atoms with Crippen molar-refractivity contribution in [3.8, 4) is 0 Å². The third-order valence-corrected chi connectivity index (χ3v) is 1.93. The number of hydrogen-bond donors (Lipinski definition) is 0. The fourth-order valence-electron chi connectivity index (χ4n) is 1.11. The zero-order valence-electron chi connectivity index (χ0n) is 8.03. The van der Waals surface area contributed by atoms with E-state index in [1.54, 1.807) is 24.0 Å². The Bertz CT molecular complexity index is 354. The van der Waals surface area contributed by atoms with Crippen LogP contribution in [0.5, 0.6) is 0 Å². The maximum Gasteiger partial charge on any atom is 0.255 e. The monoisotopic (exact) mass is 178 g/mol. The molecule has 1 heterocycles. The fourth-order valence-corrected chi connectivity index (χ4v) is 1.11. The topological polar surface area (TPSA) is 25.2 Å². The third-order valence-electron chi connectivity index (χ3n) is 1.93. The molecular weight excluding hydrogens is 164 g/mol. The van der Waals surface area contributed by atoms with Gasteiger partial charge in [-0.3, -0.25) is 4.79 Å². The van der Waals surface area contributed by atoms with E-state index in [1.165, 1.54) is 0 Å². The van der Waals surface area contributed by atoms with E-state index >= 15 is 0 Å². The summed E-state index contributed by atoms with van der Waals surface area (Å²) in [6.07, 6.45) is 3.45. The predicted octanol–water partition coefficient (Wildman–Crippen LogP) is 0.961. The number of pyridine rings is 1. The molecule has 0 atom stereocenters. The molecule has 0 saturated carbocycles. The summed E-state index contributed by atoms with van der Waals surface area (Å²) < 4.78 is 1.58. The van der Waals surface area contributed by atoms with Crippen LogP contribution in [-0.4, -0.2) is 16.5 Å². The second-order valence-corrected chi connectivity index (χ2v) is 3.05. The van der Waals surface area contributed by atoms with Gasteiger partial charge in [0.25, 0.3) is 5.56 Å². The molecule has 0 amide bonds. The quantitative estimate of drug-likeness (QED) is 0.689. The number of rotatable bonds is 3. The van der Waals surface area contributed by atoms with Crippen molar-refractivity contribution in [1.29, 1.82) is 0 Å². The minimum absolute atomic E-state index is 0.0520. The molecule has 0 N–H and O–H groups in total. The molecule has 0 aliphatic carbocycles. The molecule has 3 nitrogen and oxygen atoms in total. The van der Waals surface area contributed by atoms with Crippen LogP contribution in [0.2, 0.25) is 0 Å². The zero-order valence-corrected chi connectivity index (χ0v) is 8.03. The van der Waals surface area contributed by atoms with Crippen molar-refractivity contribution in [2.75, 3.05) is 7.05 Å². The van der Waals surface area contributed by atoms with E-state index in [9.17, 15) is 4.79 Å². The van der Waals surface area contributed by atoms with Gasteiger partial charge in [-0.15, -0.1) is 0 Å².